The van der Waals surface area contributed by atoms with Gasteiger partial charge in [0.2, 0.25) is 10.0 Å². The maximum absolute atomic E-state index is 12.9. The molecule has 1 atom stereocenters. The summed E-state index contributed by atoms with van der Waals surface area (Å²) in [6.07, 6.45) is 0.356. The van der Waals surface area contributed by atoms with Crippen LogP contribution < -0.4 is 14.2 Å². The predicted octanol–water partition coefficient (Wildman–Crippen LogP) is 3.17. The summed E-state index contributed by atoms with van der Waals surface area (Å²) in [5.41, 5.74) is 0.914. The van der Waals surface area contributed by atoms with Gasteiger partial charge in [-0.15, -0.1) is 0 Å². The van der Waals surface area contributed by atoms with E-state index in [2.05, 4.69) is 20.7 Å². The summed E-state index contributed by atoms with van der Waals surface area (Å²) in [5, 5.41) is 0. The van der Waals surface area contributed by atoms with Gasteiger partial charge in [0, 0.05) is 17.1 Å². The first-order chi connectivity index (χ1) is 13.8. The van der Waals surface area contributed by atoms with Crippen molar-refractivity contribution < 1.29 is 27.4 Å². The third-order valence-electron chi connectivity index (χ3n) is 4.19. The highest BCUT2D eigenvalue weighted by atomic mass is 79.9. The monoisotopic (exact) mass is 485 g/mol. The molecular formula is C20H24BrNO6S. The molecule has 0 amide bonds. The van der Waals surface area contributed by atoms with E-state index in [0.717, 1.165) is 5.56 Å². The highest BCUT2D eigenvalue weighted by Crippen LogP contribution is 2.35. The maximum atomic E-state index is 12.9. The quantitative estimate of drug-likeness (QED) is 0.519. The van der Waals surface area contributed by atoms with Crippen molar-refractivity contribution in [2.24, 2.45) is 5.92 Å². The number of methoxy groups -OCH3 is 2. The second-order valence-electron chi connectivity index (χ2n) is 6.13. The summed E-state index contributed by atoms with van der Waals surface area (Å²) in [5.74, 6) is -0.439. The molecule has 0 heterocycles. The predicted molar refractivity (Wildman–Crippen MR) is 113 cm³/mol. The van der Waals surface area contributed by atoms with E-state index >= 15 is 0 Å². The molecule has 2 aromatic rings. The normalized spacial score (nSPS) is 12.3. The zero-order chi connectivity index (χ0) is 21.4. The highest BCUT2D eigenvalue weighted by molar-refractivity contribution is 9.10. The summed E-state index contributed by atoms with van der Waals surface area (Å²) in [6, 6.07) is 12.2. The third kappa shape index (κ3) is 6.19. The molecule has 0 aliphatic carbocycles. The van der Waals surface area contributed by atoms with E-state index in [-0.39, 0.29) is 23.8 Å². The van der Waals surface area contributed by atoms with Crippen LogP contribution in [0.1, 0.15) is 12.5 Å². The van der Waals surface area contributed by atoms with Crippen molar-refractivity contribution in [3.63, 3.8) is 0 Å². The van der Waals surface area contributed by atoms with Gasteiger partial charge in [0.05, 0.1) is 26.7 Å². The Hall–Kier alpha value is -2.10. The molecule has 0 aliphatic heterocycles. The molecule has 1 unspecified atom stereocenters. The van der Waals surface area contributed by atoms with Crippen LogP contribution in [0.2, 0.25) is 0 Å². The number of ether oxygens (including phenoxy) is 3. The van der Waals surface area contributed by atoms with Crippen molar-refractivity contribution in [1.29, 1.82) is 0 Å². The molecule has 0 bridgehead atoms. The minimum atomic E-state index is -3.92. The third-order valence-corrected chi connectivity index (χ3v) is 6.57. The van der Waals surface area contributed by atoms with Gasteiger partial charge >= 0.3 is 5.97 Å². The van der Waals surface area contributed by atoms with E-state index in [4.69, 9.17) is 14.2 Å². The zero-order valence-electron chi connectivity index (χ0n) is 16.5. The Kier molecular flexibility index (Phi) is 8.48. The number of hydrogen-bond donors (Lipinski definition) is 1. The van der Waals surface area contributed by atoms with Crippen LogP contribution in [-0.2, 0) is 26.0 Å². The maximum Gasteiger partial charge on any atom is 0.310 e. The fourth-order valence-electron chi connectivity index (χ4n) is 2.73. The number of rotatable bonds is 10. The summed E-state index contributed by atoms with van der Waals surface area (Å²) in [4.78, 5) is 12.3. The average Bonchev–Trinajstić information content (AvgIpc) is 2.71. The summed E-state index contributed by atoms with van der Waals surface area (Å²) < 4.78 is 44.0. The van der Waals surface area contributed by atoms with Gasteiger partial charge in [-0.05, 0) is 40.9 Å². The number of nitrogens with one attached hydrogen (secondary N) is 1. The molecule has 2 rings (SSSR count). The molecule has 0 aromatic heterocycles. The van der Waals surface area contributed by atoms with Gasteiger partial charge in [-0.2, -0.15) is 0 Å². The molecule has 0 radical (unpaired) electrons. The molecular weight excluding hydrogens is 462 g/mol. The van der Waals surface area contributed by atoms with Crippen molar-refractivity contribution in [3.05, 3.63) is 52.5 Å². The fourth-order valence-corrected chi connectivity index (χ4v) is 4.84. The van der Waals surface area contributed by atoms with Crippen LogP contribution in [0.4, 0.5) is 0 Å². The van der Waals surface area contributed by atoms with E-state index in [0.29, 0.717) is 16.6 Å². The molecule has 158 valence electrons. The van der Waals surface area contributed by atoms with E-state index in [1.807, 2.05) is 30.3 Å². The first-order valence-electron chi connectivity index (χ1n) is 8.94. The second-order valence-corrected chi connectivity index (χ2v) is 8.72. The van der Waals surface area contributed by atoms with Gasteiger partial charge in [-0.25, -0.2) is 13.1 Å². The van der Waals surface area contributed by atoms with Crippen LogP contribution >= 0.6 is 15.9 Å². The first-order valence-corrected chi connectivity index (χ1v) is 11.2. The highest BCUT2D eigenvalue weighted by Gasteiger charge is 2.26. The minimum absolute atomic E-state index is 0.0162. The number of carbonyl (C=O) groups excluding carboxylic acids is 1. The number of halogens is 1. The van der Waals surface area contributed by atoms with E-state index in [1.54, 1.807) is 6.92 Å². The van der Waals surface area contributed by atoms with Crippen LogP contribution in [0.25, 0.3) is 0 Å². The van der Waals surface area contributed by atoms with Crippen LogP contribution in [0.15, 0.2) is 51.8 Å². The van der Waals surface area contributed by atoms with Crippen molar-refractivity contribution in [2.45, 2.75) is 18.2 Å². The van der Waals surface area contributed by atoms with E-state index < -0.39 is 21.9 Å². The smallest absolute Gasteiger partial charge is 0.310 e. The van der Waals surface area contributed by atoms with Crippen LogP contribution in [0.3, 0.4) is 0 Å². The molecule has 0 saturated carbocycles. The molecule has 0 fully saturated rings. The van der Waals surface area contributed by atoms with E-state index in [1.165, 1.54) is 26.4 Å². The lowest BCUT2D eigenvalue weighted by molar-refractivity contribution is -0.147. The number of carbonyl (C=O) groups is 1. The molecule has 9 heteroatoms. The molecule has 2 aromatic carbocycles. The Morgan fingerprint density at radius 2 is 1.72 bits per heavy atom. The van der Waals surface area contributed by atoms with Crippen LogP contribution in [0, 0.1) is 5.92 Å². The van der Waals surface area contributed by atoms with Gasteiger partial charge in [-0.1, -0.05) is 30.3 Å². The van der Waals surface area contributed by atoms with E-state index in [9.17, 15) is 13.2 Å². The van der Waals surface area contributed by atoms with Crippen molar-refractivity contribution in [3.8, 4) is 11.5 Å². The summed E-state index contributed by atoms with van der Waals surface area (Å²) in [7, 11) is -1.04. The lowest BCUT2D eigenvalue weighted by Crippen LogP contribution is -2.35. The minimum Gasteiger partial charge on any atom is -0.493 e. The Labute approximate surface area is 179 Å². The lowest BCUT2D eigenvalue weighted by atomic mass is 10.00. The number of hydrogen-bond acceptors (Lipinski definition) is 6. The number of esters is 1. The molecule has 0 spiro atoms. The average molecular weight is 486 g/mol. The summed E-state index contributed by atoms with van der Waals surface area (Å²) in [6.45, 7) is 1.83. The fraction of sp³-hybridized carbons (Fsp3) is 0.350. The Morgan fingerprint density at radius 3 is 2.31 bits per heavy atom. The standard InChI is InChI=1S/C20H24BrNO6S/c1-4-28-20(23)15(10-14-8-6-5-7-9-14)13-22-29(24,25)19-12-18(27-3)17(26-2)11-16(19)21/h5-9,11-12,15,22H,4,10,13H2,1-3H3. The van der Waals surface area contributed by atoms with Gasteiger partial charge in [0.15, 0.2) is 11.5 Å². The summed E-state index contributed by atoms with van der Waals surface area (Å²) >= 11 is 3.26. The van der Waals surface area contributed by atoms with Gasteiger partial charge in [0.1, 0.15) is 4.90 Å². The van der Waals surface area contributed by atoms with Gasteiger partial charge in [-0.3, -0.25) is 4.79 Å². The lowest BCUT2D eigenvalue weighted by Gasteiger charge is -2.18. The van der Waals surface area contributed by atoms with Gasteiger partial charge in [0.25, 0.3) is 0 Å². The molecule has 7 nitrogen and oxygen atoms in total. The molecule has 29 heavy (non-hydrogen) atoms. The van der Waals surface area contributed by atoms with Crippen molar-refractivity contribution >= 4 is 31.9 Å². The van der Waals surface area contributed by atoms with Crippen LogP contribution in [-0.4, -0.2) is 41.8 Å². The second kappa shape index (κ2) is 10.6. The first kappa shape index (κ1) is 23.2. The zero-order valence-corrected chi connectivity index (χ0v) is 18.9. The van der Waals surface area contributed by atoms with Gasteiger partial charge < -0.3 is 14.2 Å². The Balaban J connectivity index is 2.23. The topological polar surface area (TPSA) is 90.9 Å². The molecule has 0 saturated heterocycles. The number of sulfonamides is 1. The van der Waals surface area contributed by atoms with Crippen LogP contribution in [0.5, 0.6) is 11.5 Å². The molecule has 0 aliphatic rings. The Morgan fingerprint density at radius 1 is 1.10 bits per heavy atom. The SMILES string of the molecule is CCOC(=O)C(CNS(=O)(=O)c1cc(OC)c(OC)cc1Br)Cc1ccccc1. The Bertz CT molecular complexity index is 933. The molecule has 1 N–H and O–H groups in total. The van der Waals surface area contributed by atoms with Crippen molar-refractivity contribution in [1.82, 2.24) is 4.72 Å². The largest absolute Gasteiger partial charge is 0.493 e. The number of benzene rings is 2. The van der Waals surface area contributed by atoms with Crippen molar-refractivity contribution in [2.75, 3.05) is 27.4 Å².